The second kappa shape index (κ2) is 14.7. The number of rotatable bonds is 4. The molecule has 0 saturated carbocycles. The molecular weight excluding hydrogens is 836 g/mol. The summed E-state index contributed by atoms with van der Waals surface area (Å²) >= 11 is 0. The van der Waals surface area contributed by atoms with Crippen LogP contribution in [0.1, 0.15) is 77.6 Å². The van der Waals surface area contributed by atoms with Gasteiger partial charge in [0.15, 0.2) is 5.58 Å². The molecule has 0 N–H and O–H groups in total. The van der Waals surface area contributed by atoms with Crippen LogP contribution in [0.15, 0.2) is 192 Å². The van der Waals surface area contributed by atoms with Gasteiger partial charge >= 0.3 is 0 Å². The van der Waals surface area contributed by atoms with Gasteiger partial charge in [-0.15, -0.1) is 0 Å². The Morgan fingerprint density at radius 1 is 0.420 bits per heavy atom. The minimum Gasteiger partial charge on any atom is -0.454 e. The maximum absolute atomic E-state index is 6.89. The first kappa shape index (κ1) is 41.6. The van der Waals surface area contributed by atoms with Gasteiger partial charge in [-0.1, -0.05) is 189 Å². The third kappa shape index (κ3) is 6.27. The molecule has 3 nitrogen and oxygen atoms in total. The zero-order valence-corrected chi connectivity index (χ0v) is 40.8. The molecule has 1 aromatic heterocycles. The SMILES string of the molecule is CC(C)(C)c1ccc2c(c1)N(c1ccc(-c3ccc4c(c3)C(C)(C)c3ccccc3-4)cc1)c1cc(C(C)(C)C)cc3c1B2c1cc(-c2ccccc2)ccc1N3c1cccc2c1oc1ccccc12. The number of para-hydroxylation sites is 2. The van der Waals surface area contributed by atoms with Crippen LogP contribution in [-0.2, 0) is 16.2 Å². The summed E-state index contributed by atoms with van der Waals surface area (Å²) in [6.07, 6.45) is 0. The van der Waals surface area contributed by atoms with Gasteiger partial charge in [-0.25, -0.2) is 0 Å². The number of nitrogens with zero attached hydrogens (tertiary/aromatic N) is 2. The standard InChI is InChI=1S/C65H55BN2O/c1-63(2,3)44-29-33-53-57(37-44)67(46-30-25-41(26-31-46)42-27-32-48-47-19-12-14-22-51(47)65(7,8)52(48)35-42)58-38-45(64(4,5)6)39-59-61(58)66(53)54-36-43(40-17-10-9-11-18-40)28-34-55(54)68(59)56-23-16-21-50-49-20-13-15-24-60(49)69-62(50)56/h9-39H,1-8H3. The molecule has 0 saturated heterocycles. The quantitative estimate of drug-likeness (QED) is 0.164. The predicted octanol–water partition coefficient (Wildman–Crippen LogP) is 15.9. The Hall–Kier alpha value is -7.56. The van der Waals surface area contributed by atoms with Crippen molar-refractivity contribution in [2.75, 3.05) is 9.80 Å². The van der Waals surface area contributed by atoms with Crippen molar-refractivity contribution in [3.63, 3.8) is 0 Å². The average Bonchev–Trinajstić information content (AvgIpc) is 3.85. The molecule has 3 heterocycles. The summed E-state index contributed by atoms with van der Waals surface area (Å²) in [6.45, 7) is 18.7. The summed E-state index contributed by atoms with van der Waals surface area (Å²) in [5.41, 5.74) is 25.3. The minimum absolute atomic E-state index is 0.0350. The highest BCUT2D eigenvalue weighted by molar-refractivity contribution is 7.00. The van der Waals surface area contributed by atoms with Gasteiger partial charge in [0.25, 0.3) is 6.71 Å². The molecule has 0 fully saturated rings. The predicted molar refractivity (Wildman–Crippen MR) is 294 cm³/mol. The molecule has 2 aliphatic heterocycles. The summed E-state index contributed by atoms with van der Waals surface area (Å²) < 4.78 is 6.89. The lowest BCUT2D eigenvalue weighted by Crippen LogP contribution is -2.61. The maximum Gasteiger partial charge on any atom is 0.252 e. The van der Waals surface area contributed by atoms with Gasteiger partial charge in [0, 0.05) is 44.6 Å². The number of fused-ring (bicyclic) bond motifs is 10. The molecular formula is C65H55BN2O. The first-order valence-electron chi connectivity index (χ1n) is 24.6. The van der Waals surface area contributed by atoms with Crippen molar-refractivity contribution < 1.29 is 4.42 Å². The largest absolute Gasteiger partial charge is 0.454 e. The van der Waals surface area contributed by atoms with Gasteiger partial charge in [-0.05, 0) is 137 Å². The fourth-order valence-corrected chi connectivity index (χ4v) is 11.8. The first-order chi connectivity index (χ1) is 33.2. The molecule has 13 rings (SSSR count). The highest BCUT2D eigenvalue weighted by Gasteiger charge is 2.45. The highest BCUT2D eigenvalue weighted by Crippen LogP contribution is 2.51. The summed E-state index contributed by atoms with van der Waals surface area (Å²) in [5.74, 6) is 0. The molecule has 3 aliphatic rings. The van der Waals surface area contributed by atoms with Crippen LogP contribution in [0.4, 0.5) is 34.1 Å². The molecule has 4 heteroatoms. The summed E-state index contributed by atoms with van der Waals surface area (Å²) in [7, 11) is 0. The normalized spacial score (nSPS) is 14.4. The molecule has 69 heavy (non-hydrogen) atoms. The fraction of sp³-hybridized carbons (Fsp3) is 0.169. The smallest absolute Gasteiger partial charge is 0.252 e. The topological polar surface area (TPSA) is 19.6 Å². The molecule has 9 aromatic carbocycles. The molecule has 10 aromatic rings. The fourth-order valence-electron chi connectivity index (χ4n) is 11.8. The summed E-state index contributed by atoms with van der Waals surface area (Å²) in [6, 6.07) is 70.7. The zero-order chi connectivity index (χ0) is 47.1. The van der Waals surface area contributed by atoms with Crippen molar-refractivity contribution in [3.8, 4) is 33.4 Å². The van der Waals surface area contributed by atoms with Crippen LogP contribution in [0, 0.1) is 0 Å². The average molecular weight is 891 g/mol. The number of benzene rings is 9. The summed E-state index contributed by atoms with van der Waals surface area (Å²) in [5, 5.41) is 2.24. The number of furan rings is 1. The van der Waals surface area contributed by atoms with E-state index in [1.807, 2.05) is 0 Å². The number of hydrogen-bond donors (Lipinski definition) is 0. The second-order valence-electron chi connectivity index (χ2n) is 22.2. The van der Waals surface area contributed by atoms with E-state index in [4.69, 9.17) is 4.42 Å². The van der Waals surface area contributed by atoms with Crippen molar-refractivity contribution in [1.29, 1.82) is 0 Å². The maximum atomic E-state index is 6.89. The van der Waals surface area contributed by atoms with E-state index < -0.39 is 0 Å². The molecule has 0 atom stereocenters. The van der Waals surface area contributed by atoms with E-state index in [0.717, 1.165) is 33.3 Å². The Morgan fingerprint density at radius 3 is 1.83 bits per heavy atom. The minimum atomic E-state index is -0.153. The Morgan fingerprint density at radius 2 is 1.04 bits per heavy atom. The van der Waals surface area contributed by atoms with Gasteiger partial charge < -0.3 is 14.2 Å². The van der Waals surface area contributed by atoms with Crippen LogP contribution in [0.25, 0.3) is 55.3 Å². The molecule has 334 valence electrons. The number of anilines is 6. The van der Waals surface area contributed by atoms with E-state index in [9.17, 15) is 0 Å². The molecule has 0 spiro atoms. The van der Waals surface area contributed by atoms with Gasteiger partial charge in [-0.2, -0.15) is 0 Å². The van der Waals surface area contributed by atoms with E-state index in [1.165, 1.54) is 94.8 Å². The van der Waals surface area contributed by atoms with Crippen molar-refractivity contribution in [2.45, 2.75) is 71.6 Å². The van der Waals surface area contributed by atoms with Crippen LogP contribution in [0.5, 0.6) is 0 Å². The van der Waals surface area contributed by atoms with Crippen LogP contribution >= 0.6 is 0 Å². The van der Waals surface area contributed by atoms with Gasteiger partial charge in [0.1, 0.15) is 5.58 Å². The molecule has 1 aliphatic carbocycles. The van der Waals surface area contributed by atoms with Gasteiger partial charge in [0.2, 0.25) is 0 Å². The van der Waals surface area contributed by atoms with E-state index in [-0.39, 0.29) is 23.0 Å². The molecule has 0 bridgehead atoms. The lowest BCUT2D eigenvalue weighted by atomic mass is 9.33. The molecule has 0 radical (unpaired) electrons. The van der Waals surface area contributed by atoms with Crippen LogP contribution < -0.4 is 26.2 Å². The van der Waals surface area contributed by atoms with Gasteiger partial charge in [-0.3, -0.25) is 0 Å². The van der Waals surface area contributed by atoms with Crippen molar-refractivity contribution >= 4 is 79.2 Å². The van der Waals surface area contributed by atoms with E-state index >= 15 is 0 Å². The third-order valence-corrected chi connectivity index (χ3v) is 15.6. The Bertz CT molecular complexity index is 3730. The molecule has 0 unspecified atom stereocenters. The van der Waals surface area contributed by atoms with E-state index in [0.29, 0.717) is 0 Å². The van der Waals surface area contributed by atoms with Crippen molar-refractivity contribution in [1.82, 2.24) is 0 Å². The lowest BCUT2D eigenvalue weighted by molar-refractivity contribution is 0.590. The Kier molecular flexibility index (Phi) is 8.88. The second-order valence-corrected chi connectivity index (χ2v) is 22.2. The van der Waals surface area contributed by atoms with Crippen molar-refractivity contribution in [3.05, 3.63) is 210 Å². The monoisotopic (exact) mass is 890 g/mol. The van der Waals surface area contributed by atoms with Gasteiger partial charge in [0.05, 0.1) is 5.69 Å². The first-order valence-corrected chi connectivity index (χ1v) is 24.6. The van der Waals surface area contributed by atoms with E-state index in [2.05, 4.69) is 253 Å². The highest BCUT2D eigenvalue weighted by atomic mass is 16.3. The Balaban J connectivity index is 1.06. The number of hydrogen-bond acceptors (Lipinski definition) is 3. The van der Waals surface area contributed by atoms with Crippen LogP contribution in [0.2, 0.25) is 0 Å². The zero-order valence-electron chi connectivity index (χ0n) is 40.8. The summed E-state index contributed by atoms with van der Waals surface area (Å²) in [4.78, 5) is 5.09. The molecule has 0 amide bonds. The lowest BCUT2D eigenvalue weighted by Gasteiger charge is -2.45. The Labute approximate surface area is 406 Å². The third-order valence-electron chi connectivity index (χ3n) is 15.6. The van der Waals surface area contributed by atoms with Crippen molar-refractivity contribution in [2.24, 2.45) is 0 Å². The van der Waals surface area contributed by atoms with E-state index in [1.54, 1.807) is 0 Å². The van der Waals surface area contributed by atoms with Crippen LogP contribution in [0.3, 0.4) is 0 Å². The van der Waals surface area contributed by atoms with Crippen LogP contribution in [-0.4, -0.2) is 6.71 Å².